The highest BCUT2D eigenvalue weighted by atomic mass is 16.5. The Morgan fingerprint density at radius 3 is 2.33 bits per heavy atom. The van der Waals surface area contributed by atoms with E-state index in [9.17, 15) is 9.59 Å². The van der Waals surface area contributed by atoms with Gasteiger partial charge in [-0.2, -0.15) is 0 Å². The van der Waals surface area contributed by atoms with E-state index in [2.05, 4.69) is 0 Å². The van der Waals surface area contributed by atoms with Crippen LogP contribution >= 0.6 is 0 Å². The molecule has 2 rings (SSSR count). The molecule has 0 aromatic heterocycles. The third kappa shape index (κ3) is 1.88. The van der Waals surface area contributed by atoms with Gasteiger partial charge in [-0.1, -0.05) is 12.1 Å². The van der Waals surface area contributed by atoms with Crippen molar-refractivity contribution >= 4 is 11.8 Å². The van der Waals surface area contributed by atoms with Crippen LogP contribution in [0, 0.1) is 0 Å². The summed E-state index contributed by atoms with van der Waals surface area (Å²) in [5, 5.41) is 0. The molecule has 0 unspecified atom stereocenters. The van der Waals surface area contributed by atoms with Gasteiger partial charge < -0.3 is 4.74 Å². The van der Waals surface area contributed by atoms with E-state index in [1.54, 1.807) is 0 Å². The zero-order valence-corrected chi connectivity index (χ0v) is 10.9. The lowest BCUT2D eigenvalue weighted by molar-refractivity contribution is -0.138. The molecule has 18 heavy (non-hydrogen) atoms. The highest BCUT2D eigenvalue weighted by Crippen LogP contribution is 2.36. The van der Waals surface area contributed by atoms with E-state index in [0.29, 0.717) is 6.61 Å². The fraction of sp³-hybridized carbons (Fsp3) is 0.429. The molecule has 4 nitrogen and oxygen atoms in total. The predicted octanol–water partition coefficient (Wildman–Crippen LogP) is 1.73. The summed E-state index contributed by atoms with van der Waals surface area (Å²) >= 11 is 0. The van der Waals surface area contributed by atoms with E-state index in [1.807, 2.05) is 38.1 Å². The Labute approximate surface area is 107 Å². The summed E-state index contributed by atoms with van der Waals surface area (Å²) in [5.41, 5.74) is 0.116. The molecule has 1 aromatic rings. The average molecular weight is 247 g/mol. The summed E-state index contributed by atoms with van der Waals surface area (Å²) in [5.74, 6) is 0.503. The molecule has 0 bridgehead atoms. The second-order valence-corrected chi connectivity index (χ2v) is 4.72. The van der Waals surface area contributed by atoms with Crippen LogP contribution in [0.15, 0.2) is 24.3 Å². The molecule has 1 aliphatic heterocycles. The predicted molar refractivity (Wildman–Crippen MR) is 67.4 cm³/mol. The van der Waals surface area contributed by atoms with E-state index in [-0.39, 0.29) is 18.2 Å². The molecule has 4 heteroatoms. The average Bonchev–Trinajstić information content (AvgIpc) is 2.56. The summed E-state index contributed by atoms with van der Waals surface area (Å²) < 4.78 is 5.36. The van der Waals surface area contributed by atoms with E-state index >= 15 is 0 Å². The quantitative estimate of drug-likeness (QED) is 0.764. The van der Waals surface area contributed by atoms with Crippen molar-refractivity contribution in [2.75, 3.05) is 13.7 Å². The molecular formula is C14H17NO3. The molecule has 1 aromatic carbocycles. The van der Waals surface area contributed by atoms with Crippen LogP contribution in [0.4, 0.5) is 0 Å². The smallest absolute Gasteiger partial charge is 0.239 e. The van der Waals surface area contributed by atoms with Crippen LogP contribution in [0.2, 0.25) is 0 Å². The Balaban J connectivity index is 2.31. The van der Waals surface area contributed by atoms with Gasteiger partial charge >= 0.3 is 0 Å². The molecule has 1 saturated heterocycles. The van der Waals surface area contributed by atoms with Crippen LogP contribution in [-0.2, 0) is 15.0 Å². The van der Waals surface area contributed by atoms with Gasteiger partial charge in [-0.15, -0.1) is 0 Å². The number of amides is 2. The van der Waals surface area contributed by atoms with Crippen molar-refractivity contribution in [2.45, 2.75) is 25.7 Å². The molecule has 2 amide bonds. The fourth-order valence-corrected chi connectivity index (χ4v) is 2.29. The first-order valence-electron chi connectivity index (χ1n) is 6.03. The fourth-order valence-electron chi connectivity index (χ4n) is 2.29. The monoisotopic (exact) mass is 247 g/mol. The number of benzene rings is 1. The SMILES string of the molecule is CCOc1ccc([C@]2(C)CC(=O)N(C)C2=O)cc1. The number of hydrogen-bond donors (Lipinski definition) is 0. The normalized spacial score (nSPS) is 23.6. The topological polar surface area (TPSA) is 46.6 Å². The first kappa shape index (κ1) is 12.6. The molecule has 96 valence electrons. The van der Waals surface area contributed by atoms with E-state index in [4.69, 9.17) is 4.74 Å². The summed E-state index contributed by atoms with van der Waals surface area (Å²) in [7, 11) is 1.53. The molecule has 0 spiro atoms. The molecule has 0 N–H and O–H groups in total. The van der Waals surface area contributed by atoms with E-state index in [0.717, 1.165) is 11.3 Å². The Morgan fingerprint density at radius 1 is 1.28 bits per heavy atom. The van der Waals surface area contributed by atoms with E-state index < -0.39 is 5.41 Å². The minimum Gasteiger partial charge on any atom is -0.494 e. The Kier molecular flexibility index (Phi) is 3.11. The van der Waals surface area contributed by atoms with Gasteiger partial charge in [0.25, 0.3) is 0 Å². The molecular weight excluding hydrogens is 230 g/mol. The lowest BCUT2D eigenvalue weighted by Gasteiger charge is -2.21. The number of hydrogen-bond acceptors (Lipinski definition) is 3. The number of nitrogens with zero attached hydrogens (tertiary/aromatic N) is 1. The maximum Gasteiger partial charge on any atom is 0.239 e. The minimum absolute atomic E-state index is 0.128. The zero-order chi connectivity index (χ0) is 13.3. The Bertz CT molecular complexity index is 480. The number of rotatable bonds is 3. The van der Waals surface area contributed by atoms with Gasteiger partial charge in [0.15, 0.2) is 0 Å². The van der Waals surface area contributed by atoms with Crippen molar-refractivity contribution in [3.05, 3.63) is 29.8 Å². The van der Waals surface area contributed by atoms with Crippen LogP contribution < -0.4 is 4.74 Å². The van der Waals surface area contributed by atoms with Gasteiger partial charge in [-0.3, -0.25) is 14.5 Å². The molecule has 0 aliphatic carbocycles. The van der Waals surface area contributed by atoms with Gasteiger partial charge in [0, 0.05) is 13.5 Å². The number of likely N-dealkylation sites (tertiary alicyclic amines) is 1. The van der Waals surface area contributed by atoms with Gasteiger partial charge in [-0.05, 0) is 31.5 Å². The van der Waals surface area contributed by atoms with Crippen LogP contribution in [0.5, 0.6) is 5.75 Å². The van der Waals surface area contributed by atoms with Crippen molar-refractivity contribution < 1.29 is 14.3 Å². The molecule has 1 aliphatic rings. The van der Waals surface area contributed by atoms with Crippen LogP contribution in [0.1, 0.15) is 25.8 Å². The van der Waals surface area contributed by atoms with Crippen LogP contribution in [0.3, 0.4) is 0 Å². The largest absolute Gasteiger partial charge is 0.494 e. The van der Waals surface area contributed by atoms with Gasteiger partial charge in [0.1, 0.15) is 5.75 Å². The third-order valence-corrected chi connectivity index (χ3v) is 3.46. The van der Waals surface area contributed by atoms with Crippen molar-refractivity contribution in [1.82, 2.24) is 4.90 Å². The van der Waals surface area contributed by atoms with Gasteiger partial charge in [0.05, 0.1) is 12.0 Å². The van der Waals surface area contributed by atoms with Gasteiger partial charge in [0.2, 0.25) is 11.8 Å². The minimum atomic E-state index is -0.740. The Hall–Kier alpha value is -1.84. The summed E-state index contributed by atoms with van der Waals surface area (Å²) in [6.45, 7) is 4.34. The standard InChI is InChI=1S/C14H17NO3/c1-4-18-11-7-5-10(6-8-11)14(2)9-12(16)15(3)13(14)17/h5-8H,4,9H2,1-3H3/t14-/m0/s1. The third-order valence-electron chi connectivity index (χ3n) is 3.46. The van der Waals surface area contributed by atoms with Crippen LogP contribution in [0.25, 0.3) is 0 Å². The lowest BCUT2D eigenvalue weighted by Crippen LogP contribution is -2.34. The van der Waals surface area contributed by atoms with Crippen LogP contribution in [-0.4, -0.2) is 30.4 Å². The summed E-state index contributed by atoms with van der Waals surface area (Å²) in [6, 6.07) is 7.38. The lowest BCUT2D eigenvalue weighted by atomic mass is 9.81. The highest BCUT2D eigenvalue weighted by molar-refractivity contribution is 6.08. The second-order valence-electron chi connectivity index (χ2n) is 4.72. The first-order valence-corrected chi connectivity index (χ1v) is 6.03. The molecule has 0 saturated carbocycles. The number of ether oxygens (including phenoxy) is 1. The Morgan fingerprint density at radius 2 is 1.89 bits per heavy atom. The maximum absolute atomic E-state index is 12.1. The zero-order valence-electron chi connectivity index (χ0n) is 10.9. The first-order chi connectivity index (χ1) is 8.49. The maximum atomic E-state index is 12.1. The van der Waals surface area contributed by atoms with Crippen molar-refractivity contribution in [2.24, 2.45) is 0 Å². The highest BCUT2D eigenvalue weighted by Gasteiger charge is 2.47. The molecule has 0 radical (unpaired) electrons. The second kappa shape index (κ2) is 4.44. The summed E-state index contributed by atoms with van der Waals surface area (Å²) in [6.07, 6.45) is 0.232. The number of carbonyl (C=O) groups is 2. The summed E-state index contributed by atoms with van der Waals surface area (Å²) in [4.78, 5) is 25.0. The van der Waals surface area contributed by atoms with Crippen molar-refractivity contribution in [3.8, 4) is 5.75 Å². The molecule has 1 heterocycles. The van der Waals surface area contributed by atoms with Crippen molar-refractivity contribution in [3.63, 3.8) is 0 Å². The van der Waals surface area contributed by atoms with Crippen molar-refractivity contribution in [1.29, 1.82) is 0 Å². The number of imide groups is 1. The number of likely N-dealkylation sites (N-methyl/N-ethyl adjacent to an activating group) is 1. The molecule has 1 atom stereocenters. The van der Waals surface area contributed by atoms with Gasteiger partial charge in [-0.25, -0.2) is 0 Å². The number of carbonyl (C=O) groups excluding carboxylic acids is 2. The van der Waals surface area contributed by atoms with E-state index in [1.165, 1.54) is 11.9 Å². The molecule has 1 fully saturated rings.